The Labute approximate surface area is 90.4 Å². The molecule has 0 heterocycles. The molecule has 1 atom stereocenters. The molecule has 0 radical (unpaired) electrons. The Bertz CT molecular complexity index is 395. The van der Waals surface area contributed by atoms with Crippen molar-refractivity contribution in [2.75, 3.05) is 5.09 Å². The maximum atomic E-state index is 12.0. The average molecular weight is 223 g/mol. The molecule has 0 aliphatic carbocycles. The number of para-hydroxylation sites is 1. The molecule has 0 amide bonds. The lowest BCUT2D eigenvalue weighted by Gasteiger charge is -2.17. The van der Waals surface area contributed by atoms with Crippen LogP contribution < -0.4 is 5.09 Å². The van der Waals surface area contributed by atoms with Gasteiger partial charge in [0.25, 0.3) is 0 Å². The summed E-state index contributed by atoms with van der Waals surface area (Å²) < 4.78 is 17.2. The molecule has 1 aromatic rings. The first-order chi connectivity index (χ1) is 7.06. The highest BCUT2D eigenvalue weighted by molar-refractivity contribution is 7.65. The minimum atomic E-state index is -3.20. The highest BCUT2D eigenvalue weighted by Gasteiger charge is 2.21. The molecule has 3 nitrogen and oxygen atoms in total. The van der Waals surface area contributed by atoms with E-state index in [2.05, 4.69) is 10.7 Å². The second-order valence-corrected chi connectivity index (χ2v) is 5.11. The van der Waals surface area contributed by atoms with Crippen molar-refractivity contribution < 1.29 is 9.09 Å². The number of hydrogen-bond acceptors (Lipinski definition) is 2. The summed E-state index contributed by atoms with van der Waals surface area (Å²) in [6, 6.07) is 9.10. The number of anilines is 1. The molecule has 0 saturated heterocycles. The Morgan fingerprint density at radius 1 is 1.40 bits per heavy atom. The fourth-order valence-corrected chi connectivity index (χ4v) is 2.33. The number of hydrogen-bond donors (Lipinski definition) is 1. The van der Waals surface area contributed by atoms with Gasteiger partial charge in [-0.05, 0) is 26.0 Å². The molecule has 0 aromatic heterocycles. The molecule has 0 saturated carbocycles. The molecular formula is C11H14NO2P. The van der Waals surface area contributed by atoms with Gasteiger partial charge >= 0.3 is 7.52 Å². The fourth-order valence-electron chi connectivity index (χ4n) is 1.07. The third-order valence-corrected chi connectivity index (χ3v) is 3.19. The lowest BCUT2D eigenvalue weighted by atomic mass is 10.3. The van der Waals surface area contributed by atoms with Gasteiger partial charge in [-0.3, -0.25) is 4.57 Å². The van der Waals surface area contributed by atoms with E-state index < -0.39 is 7.52 Å². The van der Waals surface area contributed by atoms with Crippen molar-refractivity contribution in [1.29, 1.82) is 0 Å². The minimum absolute atomic E-state index is 0.178. The van der Waals surface area contributed by atoms with E-state index in [0.29, 0.717) is 5.69 Å². The van der Waals surface area contributed by atoms with Crippen molar-refractivity contribution in [3.63, 3.8) is 0 Å². The lowest BCUT2D eigenvalue weighted by molar-refractivity contribution is 0.252. The predicted molar refractivity (Wildman–Crippen MR) is 62.7 cm³/mol. The summed E-state index contributed by atoms with van der Waals surface area (Å²) in [7, 11) is -3.20. The van der Waals surface area contributed by atoms with E-state index in [9.17, 15) is 4.57 Å². The van der Waals surface area contributed by atoms with Gasteiger partial charge in [-0.15, -0.1) is 6.42 Å². The molecule has 1 N–H and O–H groups in total. The summed E-state index contributed by atoms with van der Waals surface area (Å²) in [5, 5.41) is 2.73. The lowest BCUT2D eigenvalue weighted by Crippen LogP contribution is -2.05. The van der Waals surface area contributed by atoms with Crippen LogP contribution in [-0.4, -0.2) is 6.10 Å². The average Bonchev–Trinajstić information content (AvgIpc) is 2.18. The van der Waals surface area contributed by atoms with Gasteiger partial charge in [-0.1, -0.05) is 18.2 Å². The smallest absolute Gasteiger partial charge is 0.306 e. The Balaban J connectivity index is 2.79. The topological polar surface area (TPSA) is 38.3 Å². The Morgan fingerprint density at radius 2 is 2.00 bits per heavy atom. The van der Waals surface area contributed by atoms with Gasteiger partial charge < -0.3 is 9.61 Å². The summed E-state index contributed by atoms with van der Waals surface area (Å²) in [5.74, 6) is 0. The van der Waals surface area contributed by atoms with Crippen LogP contribution in [0.3, 0.4) is 0 Å². The third kappa shape index (κ3) is 3.79. The van der Waals surface area contributed by atoms with Gasteiger partial charge in [0.15, 0.2) is 0 Å². The second-order valence-electron chi connectivity index (χ2n) is 3.31. The van der Waals surface area contributed by atoms with Gasteiger partial charge in [0.1, 0.15) is 0 Å². The highest BCUT2D eigenvalue weighted by Crippen LogP contribution is 2.46. The van der Waals surface area contributed by atoms with Crippen LogP contribution >= 0.6 is 7.52 Å². The van der Waals surface area contributed by atoms with E-state index in [1.54, 1.807) is 26.0 Å². The number of benzene rings is 1. The zero-order valence-electron chi connectivity index (χ0n) is 8.81. The molecule has 4 heteroatoms. The minimum Gasteiger partial charge on any atom is -0.306 e. The zero-order valence-corrected chi connectivity index (χ0v) is 9.70. The van der Waals surface area contributed by atoms with Gasteiger partial charge in [-0.25, -0.2) is 0 Å². The molecule has 1 unspecified atom stereocenters. The molecule has 0 fully saturated rings. The van der Waals surface area contributed by atoms with Crippen LogP contribution in [-0.2, 0) is 9.09 Å². The van der Waals surface area contributed by atoms with Gasteiger partial charge in [0.2, 0.25) is 0 Å². The molecule has 0 aliphatic rings. The van der Waals surface area contributed by atoms with E-state index in [-0.39, 0.29) is 6.10 Å². The molecule has 0 aliphatic heterocycles. The number of rotatable bonds is 4. The summed E-state index contributed by atoms with van der Waals surface area (Å²) in [5.41, 5.74) is 2.87. The van der Waals surface area contributed by atoms with Gasteiger partial charge in [0.05, 0.1) is 6.10 Å². The summed E-state index contributed by atoms with van der Waals surface area (Å²) >= 11 is 0. The summed E-state index contributed by atoms with van der Waals surface area (Å²) in [6.07, 6.45) is 5.02. The third-order valence-electron chi connectivity index (χ3n) is 1.58. The van der Waals surface area contributed by atoms with Gasteiger partial charge in [-0.2, -0.15) is 0 Å². The Kier molecular flexibility index (Phi) is 3.96. The van der Waals surface area contributed by atoms with Crippen LogP contribution in [0.15, 0.2) is 30.3 Å². The quantitative estimate of drug-likeness (QED) is 0.628. The highest BCUT2D eigenvalue weighted by atomic mass is 31.2. The van der Waals surface area contributed by atoms with Crippen LogP contribution in [0.2, 0.25) is 0 Å². The van der Waals surface area contributed by atoms with Crippen LogP contribution in [0, 0.1) is 12.1 Å². The maximum Gasteiger partial charge on any atom is 0.367 e. The van der Waals surface area contributed by atoms with Gasteiger partial charge in [0, 0.05) is 11.3 Å². The van der Waals surface area contributed by atoms with E-state index in [1.165, 1.54) is 0 Å². The largest absolute Gasteiger partial charge is 0.367 e. The summed E-state index contributed by atoms with van der Waals surface area (Å²) in [6.45, 7) is 3.58. The monoisotopic (exact) mass is 223 g/mol. The Hall–Kier alpha value is -1.23. The van der Waals surface area contributed by atoms with Crippen LogP contribution in [0.5, 0.6) is 0 Å². The maximum absolute atomic E-state index is 12.0. The number of nitrogens with one attached hydrogen (secondary N) is 1. The van der Waals surface area contributed by atoms with E-state index in [4.69, 9.17) is 10.9 Å². The second kappa shape index (κ2) is 5.02. The van der Waals surface area contributed by atoms with Crippen molar-refractivity contribution in [1.82, 2.24) is 0 Å². The van der Waals surface area contributed by atoms with E-state index in [0.717, 1.165) is 0 Å². The molecule has 0 spiro atoms. The standard InChI is InChI=1S/C11H14NO2P/c1-4-15(13,14-10(2)3)12-11-8-6-5-7-9-11/h1,5-10H,2-3H3,(H,12,13). The molecule has 1 rings (SSSR count). The van der Waals surface area contributed by atoms with Crippen LogP contribution in [0.4, 0.5) is 5.69 Å². The summed E-state index contributed by atoms with van der Waals surface area (Å²) in [4.78, 5) is 0. The normalized spacial score (nSPS) is 14.3. The van der Waals surface area contributed by atoms with Crippen LogP contribution in [0.1, 0.15) is 13.8 Å². The fraction of sp³-hybridized carbons (Fsp3) is 0.273. The SMILES string of the molecule is C#CP(=O)(Nc1ccccc1)OC(C)C. The van der Waals surface area contributed by atoms with E-state index in [1.807, 2.05) is 18.2 Å². The molecule has 15 heavy (non-hydrogen) atoms. The first kappa shape index (κ1) is 11.8. The Morgan fingerprint density at radius 3 is 2.47 bits per heavy atom. The van der Waals surface area contributed by atoms with Crippen molar-refractivity contribution >= 4 is 13.2 Å². The van der Waals surface area contributed by atoms with Crippen molar-refractivity contribution in [3.05, 3.63) is 30.3 Å². The van der Waals surface area contributed by atoms with Crippen molar-refractivity contribution in [3.8, 4) is 12.1 Å². The zero-order chi connectivity index (χ0) is 11.3. The molecule has 1 aromatic carbocycles. The first-order valence-electron chi connectivity index (χ1n) is 4.65. The van der Waals surface area contributed by atoms with Crippen LogP contribution in [0.25, 0.3) is 0 Å². The molecule has 80 valence electrons. The predicted octanol–water partition coefficient (Wildman–Crippen LogP) is 3.31. The van der Waals surface area contributed by atoms with E-state index >= 15 is 0 Å². The van der Waals surface area contributed by atoms with Crippen molar-refractivity contribution in [2.24, 2.45) is 0 Å². The first-order valence-corrected chi connectivity index (χ1v) is 6.28. The molecule has 0 bridgehead atoms. The number of terminal acetylenes is 1. The molecular weight excluding hydrogens is 209 g/mol. The van der Waals surface area contributed by atoms with Crippen molar-refractivity contribution in [2.45, 2.75) is 20.0 Å².